The summed E-state index contributed by atoms with van der Waals surface area (Å²) in [7, 11) is 0. The van der Waals surface area contributed by atoms with Crippen molar-refractivity contribution in [3.05, 3.63) is 47.8 Å². The molecule has 0 saturated carbocycles. The van der Waals surface area contributed by atoms with Gasteiger partial charge < -0.3 is 10.0 Å². The molecule has 6 nitrogen and oxygen atoms in total. The van der Waals surface area contributed by atoms with Crippen molar-refractivity contribution >= 4 is 11.9 Å². The number of amides is 1. The topological polar surface area (TPSA) is 75.4 Å². The van der Waals surface area contributed by atoms with Gasteiger partial charge in [-0.05, 0) is 32.4 Å². The maximum Gasteiger partial charge on any atom is 0.323 e. The number of hydrogen-bond donors (Lipinski definition) is 1. The van der Waals surface area contributed by atoms with E-state index < -0.39 is 5.97 Å². The minimum Gasteiger partial charge on any atom is -0.480 e. The van der Waals surface area contributed by atoms with Gasteiger partial charge >= 0.3 is 5.97 Å². The Morgan fingerprint density at radius 1 is 1.32 bits per heavy atom. The quantitative estimate of drug-likeness (QED) is 0.918. The van der Waals surface area contributed by atoms with E-state index in [1.807, 2.05) is 31.2 Å². The fourth-order valence-corrected chi connectivity index (χ4v) is 2.19. The lowest BCUT2D eigenvalue weighted by atomic mass is 10.2. The van der Waals surface area contributed by atoms with Gasteiger partial charge in [0.2, 0.25) is 0 Å². The highest BCUT2D eigenvalue weighted by molar-refractivity contribution is 5.95. The van der Waals surface area contributed by atoms with Crippen LogP contribution in [0.5, 0.6) is 0 Å². The van der Waals surface area contributed by atoms with E-state index in [0.717, 1.165) is 11.3 Å². The predicted molar refractivity (Wildman–Crippen MR) is 82.1 cm³/mol. The van der Waals surface area contributed by atoms with E-state index in [9.17, 15) is 9.59 Å². The van der Waals surface area contributed by atoms with Gasteiger partial charge in [0.25, 0.3) is 5.91 Å². The number of aliphatic carboxylic acids is 1. The lowest BCUT2D eigenvalue weighted by Gasteiger charge is -2.24. The van der Waals surface area contributed by atoms with E-state index in [1.54, 1.807) is 24.7 Å². The molecule has 0 unspecified atom stereocenters. The Balaban J connectivity index is 2.29. The summed E-state index contributed by atoms with van der Waals surface area (Å²) in [5.74, 6) is -1.37. The number of aromatic nitrogens is 2. The molecule has 0 radical (unpaired) electrons. The van der Waals surface area contributed by atoms with Crippen molar-refractivity contribution in [2.45, 2.75) is 26.8 Å². The second-order valence-electron chi connectivity index (χ2n) is 5.38. The Morgan fingerprint density at radius 2 is 2.00 bits per heavy atom. The summed E-state index contributed by atoms with van der Waals surface area (Å²) in [6.07, 6.45) is 3.09. The second-order valence-corrected chi connectivity index (χ2v) is 5.38. The minimum atomic E-state index is -1.03. The maximum atomic E-state index is 12.5. The van der Waals surface area contributed by atoms with E-state index in [-0.39, 0.29) is 18.5 Å². The molecule has 0 aliphatic heterocycles. The van der Waals surface area contributed by atoms with Gasteiger partial charge in [-0.1, -0.05) is 18.2 Å². The molecule has 116 valence electrons. The highest BCUT2D eigenvalue weighted by atomic mass is 16.4. The molecule has 2 aromatic rings. The van der Waals surface area contributed by atoms with Gasteiger partial charge in [-0.3, -0.25) is 9.59 Å². The van der Waals surface area contributed by atoms with E-state index in [2.05, 4.69) is 5.10 Å². The second kappa shape index (κ2) is 6.43. The molecular weight excluding hydrogens is 282 g/mol. The lowest BCUT2D eigenvalue weighted by molar-refractivity contribution is -0.138. The summed E-state index contributed by atoms with van der Waals surface area (Å²) in [6, 6.07) is 7.50. The number of hydrogen-bond acceptors (Lipinski definition) is 3. The molecule has 1 N–H and O–H groups in total. The fraction of sp³-hybridized carbons (Fsp3) is 0.312. The average Bonchev–Trinajstić information content (AvgIpc) is 2.93. The van der Waals surface area contributed by atoms with Crippen LogP contribution in [0, 0.1) is 6.92 Å². The zero-order valence-corrected chi connectivity index (χ0v) is 12.9. The highest BCUT2D eigenvalue weighted by Gasteiger charge is 2.22. The third kappa shape index (κ3) is 3.33. The highest BCUT2D eigenvalue weighted by Crippen LogP contribution is 2.15. The van der Waals surface area contributed by atoms with Gasteiger partial charge in [-0.15, -0.1) is 0 Å². The van der Waals surface area contributed by atoms with Gasteiger partial charge in [0.1, 0.15) is 6.54 Å². The van der Waals surface area contributed by atoms with Gasteiger partial charge in [-0.2, -0.15) is 5.10 Å². The monoisotopic (exact) mass is 301 g/mol. The summed E-state index contributed by atoms with van der Waals surface area (Å²) in [5, 5.41) is 13.1. The molecular formula is C16H19N3O3. The first-order valence-electron chi connectivity index (χ1n) is 7.03. The molecule has 6 heteroatoms. The van der Waals surface area contributed by atoms with Crippen molar-refractivity contribution < 1.29 is 14.7 Å². The van der Waals surface area contributed by atoms with E-state index in [1.165, 1.54) is 11.1 Å². The number of carbonyl (C=O) groups excluding carboxylic acids is 1. The van der Waals surface area contributed by atoms with Crippen LogP contribution in [0.3, 0.4) is 0 Å². The molecule has 1 aromatic heterocycles. The Kier molecular flexibility index (Phi) is 4.60. The summed E-state index contributed by atoms with van der Waals surface area (Å²) < 4.78 is 1.63. The maximum absolute atomic E-state index is 12.5. The number of rotatable bonds is 5. The van der Waals surface area contributed by atoms with Gasteiger partial charge in [-0.25, -0.2) is 4.68 Å². The number of carboxylic acid groups (broad SMARTS) is 1. The van der Waals surface area contributed by atoms with E-state index in [4.69, 9.17) is 5.11 Å². The number of nitrogens with zero attached hydrogens (tertiary/aromatic N) is 3. The Hall–Kier alpha value is -2.63. The zero-order valence-electron chi connectivity index (χ0n) is 12.9. The van der Waals surface area contributed by atoms with Crippen LogP contribution >= 0.6 is 0 Å². The normalized spacial score (nSPS) is 10.7. The number of aryl methyl sites for hydroxylation is 1. The number of benzene rings is 1. The van der Waals surface area contributed by atoms with Crippen LogP contribution in [0.2, 0.25) is 0 Å². The first-order valence-corrected chi connectivity index (χ1v) is 7.03. The van der Waals surface area contributed by atoms with Gasteiger partial charge in [0, 0.05) is 12.2 Å². The van der Waals surface area contributed by atoms with Crippen LogP contribution < -0.4 is 0 Å². The van der Waals surface area contributed by atoms with E-state index >= 15 is 0 Å². The predicted octanol–water partition coefficient (Wildman–Crippen LogP) is 2.12. The van der Waals surface area contributed by atoms with Crippen molar-refractivity contribution in [1.82, 2.24) is 14.7 Å². The van der Waals surface area contributed by atoms with Crippen molar-refractivity contribution in [2.75, 3.05) is 6.54 Å². The average molecular weight is 301 g/mol. The molecule has 22 heavy (non-hydrogen) atoms. The van der Waals surface area contributed by atoms with Crippen LogP contribution in [0.15, 0.2) is 36.7 Å². The Labute approximate surface area is 129 Å². The standard InChI is InChI=1S/C16H19N3O3/c1-11(2)18(10-15(20)21)16(22)13-8-17-19(9-13)14-7-5-4-6-12(14)3/h4-9,11H,10H2,1-3H3,(H,20,21). The molecule has 0 aliphatic carbocycles. The van der Waals surface area contributed by atoms with E-state index in [0.29, 0.717) is 5.56 Å². The molecule has 0 saturated heterocycles. The SMILES string of the molecule is Cc1ccccc1-n1cc(C(=O)N(CC(=O)O)C(C)C)cn1. The minimum absolute atomic E-state index is 0.203. The summed E-state index contributed by atoms with van der Waals surface area (Å²) >= 11 is 0. The molecule has 0 bridgehead atoms. The molecule has 0 spiro atoms. The summed E-state index contributed by atoms with van der Waals surface area (Å²) in [4.78, 5) is 24.7. The van der Waals surface area contributed by atoms with Gasteiger partial charge in [0.15, 0.2) is 0 Å². The lowest BCUT2D eigenvalue weighted by Crippen LogP contribution is -2.40. The first-order chi connectivity index (χ1) is 10.4. The Bertz CT molecular complexity index is 691. The third-order valence-electron chi connectivity index (χ3n) is 3.38. The summed E-state index contributed by atoms with van der Waals surface area (Å²) in [5.41, 5.74) is 2.30. The number of carboxylic acids is 1. The molecule has 0 atom stereocenters. The molecule has 1 amide bonds. The molecule has 1 aromatic carbocycles. The molecule has 0 fully saturated rings. The van der Waals surface area contributed by atoms with Crippen LogP contribution in [0.1, 0.15) is 29.8 Å². The molecule has 0 aliphatic rings. The first kappa shape index (κ1) is 15.8. The van der Waals surface area contributed by atoms with Gasteiger partial charge in [0.05, 0.1) is 17.4 Å². The van der Waals surface area contributed by atoms with Crippen molar-refractivity contribution in [3.8, 4) is 5.69 Å². The third-order valence-corrected chi connectivity index (χ3v) is 3.38. The number of carbonyl (C=O) groups is 2. The number of para-hydroxylation sites is 1. The van der Waals surface area contributed by atoms with Crippen molar-refractivity contribution in [2.24, 2.45) is 0 Å². The van der Waals surface area contributed by atoms with Crippen LogP contribution in [-0.2, 0) is 4.79 Å². The van der Waals surface area contributed by atoms with Crippen LogP contribution in [0.25, 0.3) is 5.69 Å². The largest absolute Gasteiger partial charge is 0.480 e. The van der Waals surface area contributed by atoms with Crippen LogP contribution in [-0.4, -0.2) is 44.3 Å². The fourth-order valence-electron chi connectivity index (χ4n) is 2.19. The molecule has 1 heterocycles. The van der Waals surface area contributed by atoms with Crippen LogP contribution in [0.4, 0.5) is 0 Å². The van der Waals surface area contributed by atoms with Crippen molar-refractivity contribution in [1.29, 1.82) is 0 Å². The summed E-state index contributed by atoms with van der Waals surface area (Å²) in [6.45, 7) is 5.20. The Morgan fingerprint density at radius 3 is 2.59 bits per heavy atom. The smallest absolute Gasteiger partial charge is 0.323 e. The zero-order chi connectivity index (χ0) is 16.3. The molecule has 2 rings (SSSR count). The van der Waals surface area contributed by atoms with Crippen molar-refractivity contribution in [3.63, 3.8) is 0 Å².